The summed E-state index contributed by atoms with van der Waals surface area (Å²) in [5, 5.41) is 0. The molecule has 0 spiro atoms. The van der Waals surface area contributed by atoms with E-state index in [2.05, 4.69) is 0 Å². The fourth-order valence-electron chi connectivity index (χ4n) is 4.00. The average molecular weight is 277 g/mol. The number of esters is 1. The number of allylic oxidation sites excluding steroid dienone is 2. The highest BCUT2D eigenvalue weighted by atomic mass is 16.5. The van der Waals surface area contributed by atoms with Gasteiger partial charge < -0.3 is 4.74 Å². The maximum absolute atomic E-state index is 12.6. The quantitative estimate of drug-likeness (QED) is 0.438. The van der Waals surface area contributed by atoms with E-state index < -0.39 is 12.0 Å². The third-order valence-corrected chi connectivity index (χ3v) is 4.86. The summed E-state index contributed by atoms with van der Waals surface area (Å²) in [7, 11) is 1.29. The van der Waals surface area contributed by atoms with Gasteiger partial charge in [0.1, 0.15) is 6.04 Å². The Morgan fingerprint density at radius 3 is 2.10 bits per heavy atom. The van der Waals surface area contributed by atoms with Crippen molar-refractivity contribution in [1.82, 2.24) is 4.90 Å². The first-order valence-electron chi connectivity index (χ1n) is 7.10. The Morgan fingerprint density at radius 1 is 1.20 bits per heavy atom. The zero-order valence-electron chi connectivity index (χ0n) is 11.9. The molecule has 20 heavy (non-hydrogen) atoms. The second kappa shape index (κ2) is 4.43. The summed E-state index contributed by atoms with van der Waals surface area (Å²) in [5.41, 5.74) is 0. The number of methoxy groups -OCH3 is 1. The van der Waals surface area contributed by atoms with Crippen molar-refractivity contribution in [1.29, 1.82) is 0 Å². The molecule has 0 radical (unpaired) electrons. The molecule has 2 amide bonds. The Bertz CT molecular complexity index is 480. The van der Waals surface area contributed by atoms with Crippen molar-refractivity contribution < 1.29 is 19.1 Å². The van der Waals surface area contributed by atoms with Crippen molar-refractivity contribution in [2.45, 2.75) is 26.3 Å². The second-order valence-corrected chi connectivity index (χ2v) is 6.26. The van der Waals surface area contributed by atoms with E-state index in [0.29, 0.717) is 0 Å². The molecule has 1 aliphatic heterocycles. The van der Waals surface area contributed by atoms with Crippen LogP contribution in [0.3, 0.4) is 0 Å². The van der Waals surface area contributed by atoms with E-state index >= 15 is 0 Å². The number of fused-ring (bicyclic) bond motifs is 5. The van der Waals surface area contributed by atoms with Crippen molar-refractivity contribution in [3.05, 3.63) is 12.2 Å². The van der Waals surface area contributed by atoms with Crippen LogP contribution in [0.2, 0.25) is 0 Å². The lowest BCUT2D eigenvalue weighted by atomic mass is 9.85. The van der Waals surface area contributed by atoms with Gasteiger partial charge in [-0.25, -0.2) is 4.79 Å². The number of ether oxygens (including phenoxy) is 1. The second-order valence-electron chi connectivity index (χ2n) is 6.26. The van der Waals surface area contributed by atoms with Crippen LogP contribution in [0, 0.1) is 29.6 Å². The zero-order valence-corrected chi connectivity index (χ0v) is 11.9. The summed E-state index contributed by atoms with van der Waals surface area (Å²) in [5.74, 6) is -1.25. The predicted molar refractivity (Wildman–Crippen MR) is 70.2 cm³/mol. The van der Waals surface area contributed by atoms with E-state index in [9.17, 15) is 14.4 Å². The number of likely N-dealkylation sites (tertiary alicyclic amines) is 1. The third kappa shape index (κ3) is 1.58. The van der Waals surface area contributed by atoms with Crippen LogP contribution in [-0.2, 0) is 19.1 Å². The van der Waals surface area contributed by atoms with E-state index in [4.69, 9.17) is 4.74 Å². The number of nitrogens with zero attached hydrogens (tertiary/aromatic N) is 1. The van der Waals surface area contributed by atoms with Crippen LogP contribution >= 0.6 is 0 Å². The summed E-state index contributed by atoms with van der Waals surface area (Å²) < 4.78 is 4.77. The topological polar surface area (TPSA) is 63.7 Å². The number of imide groups is 1. The third-order valence-electron chi connectivity index (χ3n) is 4.86. The van der Waals surface area contributed by atoms with Crippen LogP contribution in [0.1, 0.15) is 20.3 Å². The van der Waals surface area contributed by atoms with Gasteiger partial charge in [0.05, 0.1) is 18.9 Å². The molecule has 3 aliphatic rings. The van der Waals surface area contributed by atoms with E-state index in [1.165, 1.54) is 12.0 Å². The van der Waals surface area contributed by atoms with Gasteiger partial charge in [-0.2, -0.15) is 0 Å². The van der Waals surface area contributed by atoms with Gasteiger partial charge in [0.25, 0.3) is 0 Å². The maximum Gasteiger partial charge on any atom is 0.329 e. The largest absolute Gasteiger partial charge is 0.467 e. The van der Waals surface area contributed by atoms with Gasteiger partial charge in [-0.1, -0.05) is 26.0 Å². The molecule has 2 aliphatic carbocycles. The van der Waals surface area contributed by atoms with Gasteiger partial charge in [-0.3, -0.25) is 14.5 Å². The van der Waals surface area contributed by atoms with Crippen molar-refractivity contribution >= 4 is 17.8 Å². The molecule has 1 heterocycles. The van der Waals surface area contributed by atoms with Gasteiger partial charge in [-0.15, -0.1) is 0 Å². The minimum atomic E-state index is -0.801. The first-order valence-corrected chi connectivity index (χ1v) is 7.10. The molecule has 0 unspecified atom stereocenters. The lowest BCUT2D eigenvalue weighted by Gasteiger charge is -2.28. The summed E-state index contributed by atoms with van der Waals surface area (Å²) >= 11 is 0. The van der Waals surface area contributed by atoms with E-state index in [0.717, 1.165) is 6.42 Å². The molecule has 0 aromatic carbocycles. The van der Waals surface area contributed by atoms with Gasteiger partial charge in [0, 0.05) is 0 Å². The zero-order chi connectivity index (χ0) is 14.6. The molecule has 2 bridgehead atoms. The Hall–Kier alpha value is -1.65. The van der Waals surface area contributed by atoms with Crippen LogP contribution < -0.4 is 0 Å². The molecule has 1 saturated heterocycles. The molecule has 0 N–H and O–H groups in total. The van der Waals surface area contributed by atoms with Crippen LogP contribution in [-0.4, -0.2) is 35.8 Å². The van der Waals surface area contributed by atoms with Crippen molar-refractivity contribution in [2.75, 3.05) is 7.11 Å². The van der Waals surface area contributed by atoms with Crippen molar-refractivity contribution in [2.24, 2.45) is 29.6 Å². The Balaban J connectivity index is 1.94. The van der Waals surface area contributed by atoms with Gasteiger partial charge >= 0.3 is 5.97 Å². The number of carbonyl (C=O) groups is 3. The summed E-state index contributed by atoms with van der Waals surface area (Å²) in [4.78, 5) is 38.4. The minimum Gasteiger partial charge on any atom is -0.467 e. The first kappa shape index (κ1) is 13.3. The fourth-order valence-corrected chi connectivity index (χ4v) is 4.00. The molecule has 5 atom stereocenters. The smallest absolute Gasteiger partial charge is 0.329 e. The molecule has 0 aromatic heterocycles. The van der Waals surface area contributed by atoms with Crippen LogP contribution in [0.5, 0.6) is 0 Å². The standard InChI is InChI=1S/C15H19NO4/c1-7(2)12(15(19)20-3)16-13(17)10-8-4-5-9(6-8)11(10)14(16)18/h4-5,7-12H,6H2,1-3H3/t8-,9+,10-,11-,12-/m0/s1. The summed E-state index contributed by atoms with van der Waals surface area (Å²) in [6.45, 7) is 3.65. The number of hydrogen-bond donors (Lipinski definition) is 0. The SMILES string of the molecule is COC(=O)[C@H](C(C)C)N1C(=O)[C@@H]2[C@@H](C1=O)[C@H]1C=C[C@@H]2C1. The highest BCUT2D eigenvalue weighted by Crippen LogP contribution is 2.53. The average Bonchev–Trinajstić information content (AvgIpc) is 3.07. The summed E-state index contributed by atoms with van der Waals surface area (Å²) in [6.07, 6.45) is 4.98. The van der Waals surface area contributed by atoms with Gasteiger partial charge in [0.15, 0.2) is 0 Å². The normalized spacial score (nSPS) is 35.9. The highest BCUT2D eigenvalue weighted by molar-refractivity contribution is 6.09. The molecule has 1 saturated carbocycles. The molecule has 2 fully saturated rings. The van der Waals surface area contributed by atoms with E-state index in [1.54, 1.807) is 0 Å². The van der Waals surface area contributed by atoms with Crippen LogP contribution in [0.4, 0.5) is 0 Å². The van der Waals surface area contributed by atoms with E-state index in [1.807, 2.05) is 26.0 Å². The number of amides is 2. The monoisotopic (exact) mass is 277 g/mol. The van der Waals surface area contributed by atoms with Crippen LogP contribution in [0.15, 0.2) is 12.2 Å². The lowest BCUT2D eigenvalue weighted by molar-refractivity contribution is -0.159. The van der Waals surface area contributed by atoms with Gasteiger partial charge in [0.2, 0.25) is 11.8 Å². The summed E-state index contributed by atoms with van der Waals surface area (Å²) in [6, 6.07) is -0.801. The molecule has 5 nitrogen and oxygen atoms in total. The first-order chi connectivity index (χ1) is 9.47. The van der Waals surface area contributed by atoms with Crippen molar-refractivity contribution in [3.8, 4) is 0 Å². The predicted octanol–water partition coefficient (Wildman–Crippen LogP) is 0.991. The number of rotatable bonds is 3. The van der Waals surface area contributed by atoms with Crippen LogP contribution in [0.25, 0.3) is 0 Å². The highest BCUT2D eigenvalue weighted by Gasteiger charge is 2.61. The van der Waals surface area contributed by atoms with E-state index in [-0.39, 0.29) is 41.4 Å². The molecular formula is C15H19NO4. The molecule has 5 heteroatoms. The molecular weight excluding hydrogens is 258 g/mol. The Kier molecular flexibility index (Phi) is 2.96. The Labute approximate surface area is 117 Å². The van der Waals surface area contributed by atoms with Crippen molar-refractivity contribution in [3.63, 3.8) is 0 Å². The fraction of sp³-hybridized carbons (Fsp3) is 0.667. The Morgan fingerprint density at radius 2 is 1.70 bits per heavy atom. The minimum absolute atomic E-state index is 0.153. The lowest BCUT2D eigenvalue weighted by Crippen LogP contribution is -2.49. The molecule has 108 valence electrons. The molecule has 3 rings (SSSR count). The molecule has 0 aromatic rings. The number of hydrogen-bond acceptors (Lipinski definition) is 4. The maximum atomic E-state index is 12.6. The van der Waals surface area contributed by atoms with Gasteiger partial charge in [-0.05, 0) is 24.2 Å². The number of carbonyl (C=O) groups excluding carboxylic acids is 3.